The number of nitrogens with zero attached hydrogens (tertiary/aromatic N) is 4. The van der Waals surface area contributed by atoms with Crippen LogP contribution in [-0.2, 0) is 22.3 Å². The number of aromatic nitrogens is 2. The molecule has 2 fully saturated rings. The molecule has 1 aromatic heterocycles. The lowest BCUT2D eigenvalue weighted by molar-refractivity contribution is -0.145. The Labute approximate surface area is 167 Å². The fourth-order valence-electron chi connectivity index (χ4n) is 3.75. The van der Waals surface area contributed by atoms with E-state index in [0.717, 1.165) is 12.4 Å². The number of piperidine rings is 1. The second kappa shape index (κ2) is 7.46. The minimum absolute atomic E-state index is 0.0266. The Morgan fingerprint density at radius 2 is 1.66 bits per heavy atom. The van der Waals surface area contributed by atoms with Crippen LogP contribution >= 0.6 is 0 Å². The Kier molecular flexibility index (Phi) is 5.48. The maximum absolute atomic E-state index is 13.0. The third-order valence-electron chi connectivity index (χ3n) is 5.31. The number of carbonyl (C=O) groups excluding carboxylic acids is 2. The summed E-state index contributed by atoms with van der Waals surface area (Å²) in [4.78, 5) is 35.2. The first-order chi connectivity index (χ1) is 13.4. The second-order valence-corrected chi connectivity index (χ2v) is 8.64. The van der Waals surface area contributed by atoms with Crippen LogP contribution in [0.2, 0.25) is 0 Å². The molecule has 1 spiro atoms. The van der Waals surface area contributed by atoms with E-state index in [1.807, 2.05) is 0 Å². The largest absolute Gasteiger partial charge is 0.451 e. The van der Waals surface area contributed by atoms with E-state index in [-0.39, 0.29) is 18.5 Å². The molecule has 3 rings (SSSR count). The lowest BCUT2D eigenvalue weighted by Crippen LogP contribution is -2.47. The van der Waals surface area contributed by atoms with Crippen molar-refractivity contribution in [1.82, 2.24) is 19.8 Å². The van der Waals surface area contributed by atoms with Gasteiger partial charge >= 0.3 is 12.3 Å². The molecule has 2 saturated heterocycles. The van der Waals surface area contributed by atoms with E-state index in [2.05, 4.69) is 9.97 Å². The topological polar surface area (TPSA) is 75.6 Å². The summed E-state index contributed by atoms with van der Waals surface area (Å²) in [5.74, 6) is -1.22. The van der Waals surface area contributed by atoms with Gasteiger partial charge in [0.2, 0.25) is 11.7 Å². The predicted octanol–water partition coefficient (Wildman–Crippen LogP) is 3.25. The van der Waals surface area contributed by atoms with Gasteiger partial charge in [-0.3, -0.25) is 4.79 Å². The van der Waals surface area contributed by atoms with E-state index in [1.165, 1.54) is 0 Å². The Morgan fingerprint density at radius 3 is 2.17 bits per heavy atom. The van der Waals surface area contributed by atoms with Crippen molar-refractivity contribution in [3.63, 3.8) is 0 Å². The maximum Gasteiger partial charge on any atom is 0.451 e. The number of hydrogen-bond donors (Lipinski definition) is 0. The Morgan fingerprint density at radius 1 is 1.10 bits per heavy atom. The van der Waals surface area contributed by atoms with Gasteiger partial charge in [-0.25, -0.2) is 14.8 Å². The Hall–Kier alpha value is -2.39. The highest BCUT2D eigenvalue weighted by Crippen LogP contribution is 2.42. The number of amides is 2. The van der Waals surface area contributed by atoms with Crippen LogP contribution in [0.5, 0.6) is 0 Å². The third kappa shape index (κ3) is 4.79. The zero-order valence-corrected chi connectivity index (χ0v) is 16.8. The minimum Gasteiger partial charge on any atom is -0.444 e. The monoisotopic (exact) mass is 414 g/mol. The van der Waals surface area contributed by atoms with Crippen molar-refractivity contribution in [2.24, 2.45) is 5.41 Å². The summed E-state index contributed by atoms with van der Waals surface area (Å²) in [5, 5.41) is 0. The van der Waals surface area contributed by atoms with Crippen LogP contribution in [0, 0.1) is 5.41 Å². The fourth-order valence-corrected chi connectivity index (χ4v) is 3.75. The van der Waals surface area contributed by atoms with E-state index >= 15 is 0 Å². The van der Waals surface area contributed by atoms with Crippen molar-refractivity contribution in [3.8, 4) is 0 Å². The summed E-state index contributed by atoms with van der Waals surface area (Å²) in [6.07, 6.45) is -0.991. The molecule has 0 saturated carbocycles. The first-order valence-corrected chi connectivity index (χ1v) is 9.55. The van der Waals surface area contributed by atoms with Crippen LogP contribution in [-0.4, -0.2) is 57.0 Å². The van der Waals surface area contributed by atoms with Crippen molar-refractivity contribution in [3.05, 3.63) is 23.8 Å². The molecule has 0 radical (unpaired) electrons. The molecule has 160 valence electrons. The lowest BCUT2D eigenvalue weighted by atomic mass is 9.77. The molecule has 7 nitrogen and oxygen atoms in total. The van der Waals surface area contributed by atoms with Crippen LogP contribution in [0.3, 0.4) is 0 Å². The average molecular weight is 414 g/mol. The first kappa shape index (κ1) is 21.3. The number of likely N-dealkylation sites (tertiary alicyclic amines) is 2. The van der Waals surface area contributed by atoms with Crippen LogP contribution in [0.25, 0.3) is 0 Å². The van der Waals surface area contributed by atoms with Gasteiger partial charge in [-0.05, 0) is 40.0 Å². The molecule has 29 heavy (non-hydrogen) atoms. The normalized spacial score (nSPS) is 19.7. The Bertz CT molecular complexity index is 766. The average Bonchev–Trinajstić information content (AvgIpc) is 2.90. The molecule has 0 atom stereocenters. The van der Waals surface area contributed by atoms with E-state index in [4.69, 9.17) is 4.74 Å². The molecule has 3 heterocycles. The summed E-state index contributed by atoms with van der Waals surface area (Å²) in [6, 6.07) is 0. The number of rotatable bonds is 2. The number of carbonyl (C=O) groups is 2. The molecule has 2 aliphatic heterocycles. The number of hydrogen-bond acceptors (Lipinski definition) is 5. The first-order valence-electron chi connectivity index (χ1n) is 9.55. The molecular weight excluding hydrogens is 389 g/mol. The van der Waals surface area contributed by atoms with Gasteiger partial charge in [-0.15, -0.1) is 0 Å². The zero-order chi connectivity index (χ0) is 21.4. The van der Waals surface area contributed by atoms with Crippen LogP contribution < -0.4 is 0 Å². The fraction of sp³-hybridized carbons (Fsp3) is 0.684. The smallest absolute Gasteiger partial charge is 0.444 e. The summed E-state index contributed by atoms with van der Waals surface area (Å²) < 4.78 is 43.1. The van der Waals surface area contributed by atoms with Gasteiger partial charge in [0.15, 0.2) is 0 Å². The molecule has 0 aliphatic carbocycles. The molecule has 0 N–H and O–H groups in total. The molecular formula is C19H25F3N4O3. The van der Waals surface area contributed by atoms with E-state index in [9.17, 15) is 22.8 Å². The maximum atomic E-state index is 13.0. The van der Waals surface area contributed by atoms with Gasteiger partial charge in [-0.1, -0.05) is 0 Å². The van der Waals surface area contributed by atoms with Gasteiger partial charge in [0.05, 0.1) is 5.41 Å². The Balaban J connectivity index is 1.58. The van der Waals surface area contributed by atoms with Gasteiger partial charge in [0, 0.05) is 44.1 Å². The van der Waals surface area contributed by atoms with E-state index in [1.54, 1.807) is 30.6 Å². The second-order valence-electron chi connectivity index (χ2n) is 8.64. The highest BCUT2D eigenvalue weighted by molar-refractivity contribution is 5.85. The number of halogens is 3. The molecule has 2 amide bonds. The summed E-state index contributed by atoms with van der Waals surface area (Å²) in [5.41, 5.74) is -0.643. The van der Waals surface area contributed by atoms with Crippen molar-refractivity contribution < 1.29 is 27.5 Å². The van der Waals surface area contributed by atoms with Crippen molar-refractivity contribution in [1.29, 1.82) is 0 Å². The zero-order valence-electron chi connectivity index (χ0n) is 16.8. The van der Waals surface area contributed by atoms with Crippen LogP contribution in [0.1, 0.15) is 51.4 Å². The summed E-state index contributed by atoms with van der Waals surface area (Å²) in [6.45, 7) is 7.00. The summed E-state index contributed by atoms with van der Waals surface area (Å²) >= 11 is 0. The molecule has 0 unspecified atom stereocenters. The van der Waals surface area contributed by atoms with Crippen molar-refractivity contribution >= 4 is 12.0 Å². The third-order valence-corrected chi connectivity index (χ3v) is 5.31. The molecule has 10 heteroatoms. The number of alkyl halides is 3. The number of ether oxygens (including phenoxy) is 1. The van der Waals surface area contributed by atoms with E-state index < -0.39 is 23.0 Å². The van der Waals surface area contributed by atoms with Crippen LogP contribution in [0.4, 0.5) is 18.0 Å². The molecule has 2 aliphatic rings. The molecule has 0 aromatic carbocycles. The highest BCUT2D eigenvalue weighted by atomic mass is 19.4. The van der Waals surface area contributed by atoms with Crippen LogP contribution in [0.15, 0.2) is 12.4 Å². The quantitative estimate of drug-likeness (QED) is 0.743. The van der Waals surface area contributed by atoms with Gasteiger partial charge in [-0.2, -0.15) is 13.2 Å². The molecule has 0 bridgehead atoms. The molecule has 1 aromatic rings. The lowest BCUT2D eigenvalue weighted by Gasteiger charge is -2.38. The van der Waals surface area contributed by atoms with Gasteiger partial charge in [0.25, 0.3) is 0 Å². The van der Waals surface area contributed by atoms with Gasteiger partial charge < -0.3 is 14.5 Å². The van der Waals surface area contributed by atoms with Crippen molar-refractivity contribution in [2.75, 3.05) is 19.6 Å². The van der Waals surface area contributed by atoms with Gasteiger partial charge in [0.1, 0.15) is 5.60 Å². The predicted molar refractivity (Wildman–Crippen MR) is 96.5 cm³/mol. The van der Waals surface area contributed by atoms with E-state index in [0.29, 0.717) is 44.5 Å². The SMILES string of the molecule is CC(C)(C)OC(=O)N1CCC2(CC1)CCN(Cc1cnc(C(F)(F)F)nc1)C2=O. The minimum atomic E-state index is -4.59. The summed E-state index contributed by atoms with van der Waals surface area (Å²) in [7, 11) is 0. The standard InChI is InChI=1S/C19H25F3N4O3/c1-17(2,3)29-16(28)25-7-4-18(5-8-25)6-9-26(15(18)27)12-13-10-23-14(24-11-13)19(20,21)22/h10-11H,4-9,12H2,1-3H3. The van der Waals surface area contributed by atoms with Crippen molar-refractivity contribution in [2.45, 2.75) is 58.4 Å². The highest BCUT2D eigenvalue weighted by Gasteiger charge is 2.48.